The summed E-state index contributed by atoms with van der Waals surface area (Å²) in [6, 6.07) is 7.97. The number of hydrogen-bond acceptors (Lipinski definition) is 5. The summed E-state index contributed by atoms with van der Waals surface area (Å²) >= 11 is 6.03. The Balaban J connectivity index is 1.54. The first-order valence-corrected chi connectivity index (χ1v) is 12.5. The van der Waals surface area contributed by atoms with E-state index >= 15 is 0 Å². The highest BCUT2D eigenvalue weighted by Gasteiger charge is 2.25. The van der Waals surface area contributed by atoms with Crippen LogP contribution in [0.25, 0.3) is 11.4 Å². The predicted molar refractivity (Wildman–Crippen MR) is 117 cm³/mol. The lowest BCUT2D eigenvalue weighted by Crippen LogP contribution is -2.39. The zero-order valence-electron chi connectivity index (χ0n) is 16.6. The SMILES string of the molecule is CS(=O)(=O)NC1CCC(Nc2nc(-c3ccc(Cl)cc3)nc3c2CCCC3)CC1. The van der Waals surface area contributed by atoms with Gasteiger partial charge in [-0.15, -0.1) is 0 Å². The molecule has 2 N–H and O–H groups in total. The quantitative estimate of drug-likeness (QED) is 0.744. The molecule has 2 aliphatic rings. The molecular weight excluding hydrogens is 408 g/mol. The van der Waals surface area contributed by atoms with Crippen LogP contribution in [0.4, 0.5) is 5.82 Å². The number of anilines is 1. The Labute approximate surface area is 177 Å². The summed E-state index contributed by atoms with van der Waals surface area (Å²) in [6.45, 7) is 0. The molecule has 1 saturated carbocycles. The van der Waals surface area contributed by atoms with E-state index in [-0.39, 0.29) is 6.04 Å². The smallest absolute Gasteiger partial charge is 0.208 e. The molecule has 0 aliphatic heterocycles. The molecule has 0 radical (unpaired) electrons. The molecule has 0 spiro atoms. The van der Waals surface area contributed by atoms with Crippen LogP contribution in [-0.2, 0) is 22.9 Å². The fourth-order valence-electron chi connectivity index (χ4n) is 4.29. The number of benzene rings is 1. The molecule has 1 heterocycles. The number of hydrogen-bond donors (Lipinski definition) is 2. The molecule has 2 aliphatic carbocycles. The van der Waals surface area contributed by atoms with Crippen molar-refractivity contribution in [1.29, 1.82) is 0 Å². The minimum Gasteiger partial charge on any atom is -0.367 e. The molecule has 156 valence electrons. The summed E-state index contributed by atoms with van der Waals surface area (Å²) in [5, 5.41) is 4.36. The van der Waals surface area contributed by atoms with Gasteiger partial charge in [0.25, 0.3) is 0 Å². The predicted octanol–water partition coefficient (Wildman–Crippen LogP) is 3.95. The normalized spacial score (nSPS) is 22.1. The van der Waals surface area contributed by atoms with E-state index in [9.17, 15) is 8.42 Å². The average Bonchev–Trinajstić information content (AvgIpc) is 2.69. The molecular formula is C21H27ClN4O2S. The van der Waals surface area contributed by atoms with Crippen molar-refractivity contribution < 1.29 is 8.42 Å². The summed E-state index contributed by atoms with van der Waals surface area (Å²) < 4.78 is 25.7. The van der Waals surface area contributed by atoms with Crippen LogP contribution < -0.4 is 10.0 Å². The highest BCUT2D eigenvalue weighted by Crippen LogP contribution is 2.31. The van der Waals surface area contributed by atoms with Crippen molar-refractivity contribution in [1.82, 2.24) is 14.7 Å². The molecule has 1 fully saturated rings. The highest BCUT2D eigenvalue weighted by atomic mass is 35.5. The van der Waals surface area contributed by atoms with Gasteiger partial charge in [0.1, 0.15) is 5.82 Å². The van der Waals surface area contributed by atoms with Gasteiger partial charge < -0.3 is 5.32 Å². The number of aryl methyl sites for hydroxylation is 1. The molecule has 6 nitrogen and oxygen atoms in total. The van der Waals surface area contributed by atoms with Crippen LogP contribution in [0, 0.1) is 0 Å². The third-order valence-corrected chi connectivity index (χ3v) is 6.75. The van der Waals surface area contributed by atoms with Gasteiger partial charge in [-0.1, -0.05) is 11.6 Å². The molecule has 0 amide bonds. The topological polar surface area (TPSA) is 84.0 Å². The molecule has 0 atom stereocenters. The molecule has 1 aromatic heterocycles. The van der Waals surface area contributed by atoms with Gasteiger partial charge >= 0.3 is 0 Å². The highest BCUT2D eigenvalue weighted by molar-refractivity contribution is 7.88. The van der Waals surface area contributed by atoms with Gasteiger partial charge in [-0.3, -0.25) is 0 Å². The summed E-state index contributed by atoms with van der Waals surface area (Å²) in [4.78, 5) is 9.73. The maximum absolute atomic E-state index is 11.5. The van der Waals surface area contributed by atoms with Gasteiger partial charge in [-0.2, -0.15) is 0 Å². The number of nitrogens with one attached hydrogen (secondary N) is 2. The number of fused-ring (bicyclic) bond motifs is 1. The Hall–Kier alpha value is -1.70. The summed E-state index contributed by atoms with van der Waals surface area (Å²) in [7, 11) is -3.15. The van der Waals surface area contributed by atoms with E-state index in [0.717, 1.165) is 74.3 Å². The van der Waals surface area contributed by atoms with Crippen molar-refractivity contribution in [2.75, 3.05) is 11.6 Å². The second-order valence-electron chi connectivity index (χ2n) is 8.12. The van der Waals surface area contributed by atoms with Crippen LogP contribution in [0.5, 0.6) is 0 Å². The van der Waals surface area contributed by atoms with Crippen molar-refractivity contribution >= 4 is 27.4 Å². The lowest BCUT2D eigenvalue weighted by Gasteiger charge is -2.30. The first kappa shape index (κ1) is 20.6. The van der Waals surface area contributed by atoms with Gasteiger partial charge in [-0.25, -0.2) is 23.1 Å². The van der Waals surface area contributed by atoms with E-state index in [1.165, 1.54) is 11.8 Å². The number of aromatic nitrogens is 2. The van der Waals surface area contributed by atoms with Crippen LogP contribution in [0.3, 0.4) is 0 Å². The second kappa shape index (κ2) is 8.58. The lowest BCUT2D eigenvalue weighted by molar-refractivity contribution is 0.387. The van der Waals surface area contributed by atoms with Gasteiger partial charge in [0.2, 0.25) is 10.0 Å². The van der Waals surface area contributed by atoms with E-state index in [1.807, 2.05) is 24.3 Å². The number of halogens is 1. The van der Waals surface area contributed by atoms with E-state index in [0.29, 0.717) is 11.1 Å². The zero-order chi connectivity index (χ0) is 20.4. The standard InChI is InChI=1S/C21H27ClN4O2S/c1-29(27,28)26-17-12-10-16(11-13-17)23-21-18-4-2-3-5-19(18)24-20(25-21)14-6-8-15(22)9-7-14/h6-9,16-17,26H,2-5,10-13H2,1H3,(H,23,24,25). The number of sulfonamides is 1. The Morgan fingerprint density at radius 3 is 2.31 bits per heavy atom. The van der Waals surface area contributed by atoms with Gasteiger partial charge in [0, 0.05) is 33.9 Å². The van der Waals surface area contributed by atoms with Crippen LogP contribution in [-0.4, -0.2) is 36.7 Å². The number of rotatable bonds is 5. The van der Waals surface area contributed by atoms with Gasteiger partial charge in [0.05, 0.1) is 6.26 Å². The van der Waals surface area contributed by atoms with Crippen molar-refractivity contribution in [3.8, 4) is 11.4 Å². The zero-order valence-corrected chi connectivity index (χ0v) is 18.2. The second-order valence-corrected chi connectivity index (χ2v) is 10.3. The van der Waals surface area contributed by atoms with Crippen molar-refractivity contribution in [3.05, 3.63) is 40.5 Å². The minimum atomic E-state index is -3.15. The van der Waals surface area contributed by atoms with Gasteiger partial charge in [0.15, 0.2) is 5.82 Å². The molecule has 29 heavy (non-hydrogen) atoms. The van der Waals surface area contributed by atoms with Crippen molar-refractivity contribution in [3.63, 3.8) is 0 Å². The van der Waals surface area contributed by atoms with Crippen LogP contribution >= 0.6 is 11.6 Å². The average molecular weight is 435 g/mol. The van der Waals surface area contributed by atoms with E-state index in [1.54, 1.807) is 0 Å². The summed E-state index contributed by atoms with van der Waals surface area (Å²) in [6.07, 6.45) is 9.04. The van der Waals surface area contributed by atoms with Crippen LogP contribution in [0.15, 0.2) is 24.3 Å². The summed E-state index contributed by atoms with van der Waals surface area (Å²) in [5.41, 5.74) is 3.35. The Kier molecular flexibility index (Phi) is 6.08. The Morgan fingerprint density at radius 2 is 1.62 bits per heavy atom. The van der Waals surface area contributed by atoms with E-state index < -0.39 is 10.0 Å². The fraction of sp³-hybridized carbons (Fsp3) is 0.524. The van der Waals surface area contributed by atoms with Crippen molar-refractivity contribution in [2.24, 2.45) is 0 Å². The third kappa shape index (κ3) is 5.27. The summed E-state index contributed by atoms with van der Waals surface area (Å²) in [5.74, 6) is 1.68. The molecule has 0 bridgehead atoms. The maximum atomic E-state index is 11.5. The van der Waals surface area contributed by atoms with Crippen molar-refractivity contribution in [2.45, 2.75) is 63.5 Å². The largest absolute Gasteiger partial charge is 0.367 e. The molecule has 4 rings (SSSR count). The van der Waals surface area contributed by atoms with Crippen LogP contribution in [0.2, 0.25) is 5.02 Å². The monoisotopic (exact) mass is 434 g/mol. The van der Waals surface area contributed by atoms with Gasteiger partial charge in [-0.05, 0) is 75.6 Å². The maximum Gasteiger partial charge on any atom is 0.208 e. The Bertz CT molecular complexity index is 971. The molecule has 2 aromatic rings. The lowest BCUT2D eigenvalue weighted by atomic mass is 9.91. The van der Waals surface area contributed by atoms with E-state index in [4.69, 9.17) is 21.6 Å². The minimum absolute atomic E-state index is 0.0343. The van der Waals surface area contributed by atoms with E-state index in [2.05, 4.69) is 10.0 Å². The molecule has 8 heteroatoms. The molecule has 1 aromatic carbocycles. The first-order chi connectivity index (χ1) is 13.9. The Morgan fingerprint density at radius 1 is 0.966 bits per heavy atom. The fourth-order valence-corrected chi connectivity index (χ4v) is 5.26. The number of nitrogens with zero attached hydrogens (tertiary/aromatic N) is 2. The third-order valence-electron chi connectivity index (χ3n) is 5.73. The molecule has 0 saturated heterocycles. The molecule has 0 unspecified atom stereocenters. The first-order valence-electron chi connectivity index (χ1n) is 10.3. The van der Waals surface area contributed by atoms with Crippen LogP contribution in [0.1, 0.15) is 49.8 Å².